The number of anilines is 1. The average molecular weight is 344 g/mol. The molecule has 0 saturated carbocycles. The first-order chi connectivity index (χ1) is 8.99. The molecule has 2 rings (SSSR count). The summed E-state index contributed by atoms with van der Waals surface area (Å²) in [4.78, 5) is 12.4. The number of hydrogen-bond donors (Lipinski definition) is 2. The highest BCUT2D eigenvalue weighted by Gasteiger charge is 2.13. The number of nitrogens with one attached hydrogen (secondary N) is 1. The van der Waals surface area contributed by atoms with Crippen LogP contribution >= 0.6 is 28.6 Å². The predicted octanol–water partition coefficient (Wildman–Crippen LogP) is 4.27. The van der Waals surface area contributed by atoms with Gasteiger partial charge in [0, 0.05) is 11.0 Å². The van der Waals surface area contributed by atoms with E-state index in [-0.39, 0.29) is 15.7 Å². The quantitative estimate of drug-likeness (QED) is 0.618. The zero-order valence-electron chi connectivity index (χ0n) is 9.45. The van der Waals surface area contributed by atoms with Gasteiger partial charge < -0.3 is 5.32 Å². The van der Waals surface area contributed by atoms with Crippen molar-refractivity contribution in [3.05, 3.63) is 58.1 Å². The van der Waals surface area contributed by atoms with Crippen LogP contribution in [0.1, 0.15) is 10.4 Å². The van der Waals surface area contributed by atoms with Crippen LogP contribution in [-0.4, -0.2) is 5.91 Å². The normalized spacial score (nSPS) is 10.3. The van der Waals surface area contributed by atoms with Crippen molar-refractivity contribution in [2.24, 2.45) is 0 Å². The van der Waals surface area contributed by atoms with E-state index in [2.05, 4.69) is 33.9 Å². The topological polar surface area (TPSA) is 29.1 Å². The first-order valence-corrected chi connectivity index (χ1v) is 6.47. The molecule has 0 aromatic heterocycles. The molecule has 1 amide bonds. The maximum atomic E-state index is 13.6. The lowest BCUT2D eigenvalue weighted by molar-refractivity contribution is 0.102. The number of benzene rings is 2. The molecular weight excluding hydrogens is 336 g/mol. The van der Waals surface area contributed by atoms with Gasteiger partial charge in [-0.1, -0.05) is 12.1 Å². The van der Waals surface area contributed by atoms with Gasteiger partial charge in [0.1, 0.15) is 11.6 Å². The molecule has 19 heavy (non-hydrogen) atoms. The Bertz CT molecular complexity index is 649. The molecule has 0 atom stereocenters. The largest absolute Gasteiger partial charge is 0.319 e. The van der Waals surface area contributed by atoms with Gasteiger partial charge >= 0.3 is 0 Å². The van der Waals surface area contributed by atoms with Crippen molar-refractivity contribution in [1.82, 2.24) is 0 Å². The van der Waals surface area contributed by atoms with Crippen molar-refractivity contribution >= 4 is 40.2 Å². The van der Waals surface area contributed by atoms with E-state index in [4.69, 9.17) is 0 Å². The van der Waals surface area contributed by atoms with E-state index in [0.29, 0.717) is 4.90 Å². The van der Waals surface area contributed by atoms with Gasteiger partial charge in [-0.2, -0.15) is 0 Å². The van der Waals surface area contributed by atoms with Crippen LogP contribution in [0.3, 0.4) is 0 Å². The Morgan fingerprint density at radius 1 is 1.16 bits per heavy atom. The van der Waals surface area contributed by atoms with Crippen molar-refractivity contribution in [2.45, 2.75) is 4.90 Å². The lowest BCUT2D eigenvalue weighted by atomic mass is 10.2. The standard InChI is InChI=1S/C13H8BrF2NOS/c14-8-5-10(16)11(6-9(8)15)17-13(18)7-3-1-2-4-12(7)19/h1-6,19H,(H,17,18). The molecule has 0 fully saturated rings. The summed E-state index contributed by atoms with van der Waals surface area (Å²) in [6, 6.07) is 8.43. The van der Waals surface area contributed by atoms with Crippen LogP contribution in [0.4, 0.5) is 14.5 Å². The minimum absolute atomic E-state index is 0.00223. The van der Waals surface area contributed by atoms with E-state index in [9.17, 15) is 13.6 Å². The highest BCUT2D eigenvalue weighted by atomic mass is 79.9. The summed E-state index contributed by atoms with van der Waals surface area (Å²) in [7, 11) is 0. The lowest BCUT2D eigenvalue weighted by Gasteiger charge is -2.08. The molecule has 0 aliphatic heterocycles. The SMILES string of the molecule is O=C(Nc1cc(F)c(Br)cc1F)c1ccccc1S. The van der Waals surface area contributed by atoms with Crippen LogP contribution in [0.5, 0.6) is 0 Å². The summed E-state index contributed by atoms with van der Waals surface area (Å²) < 4.78 is 26.9. The molecular formula is C13H8BrF2NOS. The minimum atomic E-state index is -0.724. The number of amides is 1. The van der Waals surface area contributed by atoms with E-state index >= 15 is 0 Å². The second-order valence-electron chi connectivity index (χ2n) is 3.72. The van der Waals surface area contributed by atoms with E-state index < -0.39 is 17.5 Å². The monoisotopic (exact) mass is 343 g/mol. The molecule has 0 bridgehead atoms. The summed E-state index contributed by atoms with van der Waals surface area (Å²) in [5.41, 5.74) is 0.0656. The Labute approximate surface area is 122 Å². The molecule has 0 spiro atoms. The first kappa shape index (κ1) is 14.0. The van der Waals surface area contributed by atoms with Gasteiger partial charge in [-0.25, -0.2) is 8.78 Å². The highest BCUT2D eigenvalue weighted by molar-refractivity contribution is 9.10. The number of hydrogen-bond acceptors (Lipinski definition) is 2. The number of carbonyl (C=O) groups excluding carboxylic acids is 1. The Balaban J connectivity index is 2.30. The smallest absolute Gasteiger partial charge is 0.256 e. The van der Waals surface area contributed by atoms with Crippen molar-refractivity contribution in [1.29, 1.82) is 0 Å². The van der Waals surface area contributed by atoms with E-state index in [1.807, 2.05) is 0 Å². The second kappa shape index (κ2) is 5.71. The van der Waals surface area contributed by atoms with Gasteiger partial charge in [-0.15, -0.1) is 12.6 Å². The molecule has 2 aromatic carbocycles. The Morgan fingerprint density at radius 3 is 2.53 bits per heavy atom. The molecule has 0 aliphatic carbocycles. The molecule has 0 heterocycles. The summed E-state index contributed by atoms with van der Waals surface area (Å²) >= 11 is 6.99. The number of thiol groups is 1. The third-order valence-corrected chi connectivity index (χ3v) is 3.40. The average Bonchev–Trinajstić information content (AvgIpc) is 2.36. The fraction of sp³-hybridized carbons (Fsp3) is 0. The van der Waals surface area contributed by atoms with Crippen LogP contribution in [-0.2, 0) is 0 Å². The van der Waals surface area contributed by atoms with E-state index in [1.54, 1.807) is 24.3 Å². The van der Waals surface area contributed by atoms with E-state index in [0.717, 1.165) is 12.1 Å². The van der Waals surface area contributed by atoms with Crippen LogP contribution in [0.2, 0.25) is 0 Å². The second-order valence-corrected chi connectivity index (χ2v) is 5.05. The summed E-state index contributed by atoms with van der Waals surface area (Å²) in [5, 5.41) is 2.31. The maximum absolute atomic E-state index is 13.6. The van der Waals surface area contributed by atoms with Crippen molar-refractivity contribution < 1.29 is 13.6 Å². The highest BCUT2D eigenvalue weighted by Crippen LogP contribution is 2.24. The Kier molecular flexibility index (Phi) is 4.21. The zero-order valence-corrected chi connectivity index (χ0v) is 11.9. The Hall–Kier alpha value is -1.40. The summed E-state index contributed by atoms with van der Waals surface area (Å²) in [5.74, 6) is -1.93. The van der Waals surface area contributed by atoms with Gasteiger partial charge in [0.2, 0.25) is 0 Å². The Morgan fingerprint density at radius 2 is 1.84 bits per heavy atom. The molecule has 2 nitrogen and oxygen atoms in total. The van der Waals surface area contributed by atoms with E-state index in [1.165, 1.54) is 0 Å². The maximum Gasteiger partial charge on any atom is 0.256 e. The molecule has 2 aromatic rings. The van der Waals surface area contributed by atoms with Crippen LogP contribution in [0, 0.1) is 11.6 Å². The third-order valence-electron chi connectivity index (χ3n) is 2.41. The van der Waals surface area contributed by atoms with Crippen LogP contribution < -0.4 is 5.32 Å². The third kappa shape index (κ3) is 3.13. The molecule has 1 N–H and O–H groups in total. The number of rotatable bonds is 2. The summed E-state index contributed by atoms with van der Waals surface area (Å²) in [6.07, 6.45) is 0. The molecule has 0 unspecified atom stereocenters. The predicted molar refractivity (Wildman–Crippen MR) is 75.7 cm³/mol. The van der Waals surface area contributed by atoms with Crippen LogP contribution in [0.15, 0.2) is 45.8 Å². The van der Waals surface area contributed by atoms with Crippen LogP contribution in [0.25, 0.3) is 0 Å². The van der Waals surface area contributed by atoms with Gasteiger partial charge in [-0.05, 0) is 34.1 Å². The number of halogens is 3. The minimum Gasteiger partial charge on any atom is -0.319 e. The van der Waals surface area contributed by atoms with Gasteiger partial charge in [-0.3, -0.25) is 4.79 Å². The molecule has 98 valence electrons. The molecule has 0 radical (unpaired) electrons. The first-order valence-electron chi connectivity index (χ1n) is 5.23. The molecule has 6 heteroatoms. The molecule has 0 saturated heterocycles. The van der Waals surface area contributed by atoms with Gasteiger partial charge in [0.25, 0.3) is 5.91 Å². The fourth-order valence-corrected chi connectivity index (χ4v) is 2.05. The van der Waals surface area contributed by atoms with Crippen molar-refractivity contribution in [2.75, 3.05) is 5.32 Å². The number of carbonyl (C=O) groups is 1. The zero-order chi connectivity index (χ0) is 14.0. The fourth-order valence-electron chi connectivity index (χ4n) is 1.47. The van der Waals surface area contributed by atoms with Gasteiger partial charge in [0.15, 0.2) is 0 Å². The van der Waals surface area contributed by atoms with Gasteiger partial charge in [0.05, 0.1) is 15.7 Å². The van der Waals surface area contributed by atoms with Crippen molar-refractivity contribution in [3.8, 4) is 0 Å². The molecule has 0 aliphatic rings. The lowest BCUT2D eigenvalue weighted by Crippen LogP contribution is -2.14. The summed E-state index contributed by atoms with van der Waals surface area (Å²) in [6.45, 7) is 0. The van der Waals surface area contributed by atoms with Crippen molar-refractivity contribution in [3.63, 3.8) is 0 Å².